The standard InChI is InChI=1S/C81H140O17P2/c1-4-7-10-13-16-19-22-25-27-29-31-36-41-46-51-56-61-66-80(85)93-73-78(98-81(86)67-62-57-52-47-42-37-32-30-28-26-23-20-17-14-11-8-5-2)75-97-100(89,90)95-71-76(83)70-94-99(87,88)96-74-77(91-69-64-59-54-49-44-39-34-33-38-43-48-53-58-63-68-82)72-92-79(84)65-60-55-50-45-40-35-24-21-18-15-12-9-6-3/h16-17,19-20,25-28,31-34,36-37,46-47,51-52,68,76-78,83H,4-15,18,21-24,29-30,35,38-45,48-50,53-67,69-75H2,1-3H3,(H,87,88)(H,89,90)/b19-16-,20-17-,27-25-,28-26-,34-33-,36-31-,37-32-,51-46-,52-47-/t76-,77+,78+/m0/s1. The molecule has 0 saturated heterocycles. The molecule has 0 saturated carbocycles. The Hall–Kier alpha value is -4.12. The summed E-state index contributed by atoms with van der Waals surface area (Å²) in [5.74, 6) is -1.59. The van der Waals surface area contributed by atoms with Crippen molar-refractivity contribution in [3.05, 3.63) is 109 Å². The summed E-state index contributed by atoms with van der Waals surface area (Å²) in [5.41, 5.74) is 0. The maximum atomic E-state index is 13.1. The molecule has 0 aliphatic carbocycles. The molecule has 0 radical (unpaired) electrons. The molecule has 3 N–H and O–H groups in total. The van der Waals surface area contributed by atoms with E-state index in [0.717, 1.165) is 141 Å². The Kier molecular flexibility index (Phi) is 71.5. The molecule has 0 amide bonds. The van der Waals surface area contributed by atoms with E-state index in [9.17, 15) is 43.2 Å². The van der Waals surface area contributed by atoms with Crippen LogP contribution >= 0.6 is 15.6 Å². The van der Waals surface area contributed by atoms with Crippen molar-refractivity contribution in [3.63, 3.8) is 0 Å². The summed E-state index contributed by atoms with van der Waals surface area (Å²) in [6.07, 6.45) is 80.1. The maximum Gasteiger partial charge on any atom is 0.472 e. The Morgan fingerprint density at radius 2 is 0.600 bits per heavy atom. The van der Waals surface area contributed by atoms with Crippen LogP contribution in [0.25, 0.3) is 0 Å². The van der Waals surface area contributed by atoms with Crippen molar-refractivity contribution in [1.82, 2.24) is 0 Å². The Bertz CT molecular complexity index is 2290. The fourth-order valence-electron chi connectivity index (χ4n) is 10.2. The lowest BCUT2D eigenvalue weighted by molar-refractivity contribution is -0.161. The lowest BCUT2D eigenvalue weighted by atomic mass is 10.0. The Balaban J connectivity index is 5.38. The van der Waals surface area contributed by atoms with E-state index in [2.05, 4.69) is 106 Å². The van der Waals surface area contributed by atoms with Gasteiger partial charge in [0.05, 0.1) is 26.4 Å². The number of rotatable bonds is 75. The monoisotopic (exact) mass is 1450 g/mol. The number of aliphatic hydroxyl groups is 1. The van der Waals surface area contributed by atoms with Crippen LogP contribution in [-0.2, 0) is 65.4 Å². The molecule has 0 fully saturated rings. The van der Waals surface area contributed by atoms with Gasteiger partial charge in [0.15, 0.2) is 6.10 Å². The summed E-state index contributed by atoms with van der Waals surface area (Å²) in [7, 11) is -9.84. The molecule has 0 aliphatic heterocycles. The van der Waals surface area contributed by atoms with Gasteiger partial charge in [0.25, 0.3) is 0 Å². The first-order chi connectivity index (χ1) is 48.8. The Labute approximate surface area is 607 Å². The molecule has 0 aromatic carbocycles. The van der Waals surface area contributed by atoms with E-state index in [1.165, 1.54) is 96.3 Å². The zero-order valence-corrected chi connectivity index (χ0v) is 64.4. The van der Waals surface area contributed by atoms with Gasteiger partial charge in [0.2, 0.25) is 0 Å². The fourth-order valence-corrected chi connectivity index (χ4v) is 11.8. The SMILES string of the molecule is CCCCC/C=C\C/C=C\C/C=C\C/C=C\CCCC(=O)OC[C@H](COP(=O)(O)OC[C@@H](O)COP(=O)(O)OC[C@@H](COC(=O)CCCCCCCCCCCCCCC)OCCCCCCC/C=C\CCCCCCC=O)OC(=O)CCC/C=C\C/C=C\C/C=C\C/C=C\CCCCC. The zero-order valence-electron chi connectivity index (χ0n) is 62.6. The Morgan fingerprint density at radius 1 is 0.320 bits per heavy atom. The Morgan fingerprint density at radius 3 is 1.01 bits per heavy atom. The third-order valence-electron chi connectivity index (χ3n) is 16.2. The van der Waals surface area contributed by atoms with E-state index in [1.54, 1.807) is 0 Å². The van der Waals surface area contributed by atoms with E-state index in [-0.39, 0.29) is 25.9 Å². The molecule has 19 heteroatoms. The predicted molar refractivity (Wildman–Crippen MR) is 409 cm³/mol. The molecule has 0 rings (SSSR count). The minimum Gasteiger partial charge on any atom is -0.463 e. The number of hydrogen-bond acceptors (Lipinski definition) is 15. The van der Waals surface area contributed by atoms with Crippen molar-refractivity contribution < 1.29 is 80.2 Å². The van der Waals surface area contributed by atoms with Crippen molar-refractivity contribution >= 4 is 39.8 Å². The summed E-state index contributed by atoms with van der Waals surface area (Å²) in [4.78, 5) is 70.3. The summed E-state index contributed by atoms with van der Waals surface area (Å²) in [5, 5.41) is 10.6. The van der Waals surface area contributed by atoms with Crippen LogP contribution in [0.15, 0.2) is 109 Å². The molecular formula is C81H140O17P2. The fraction of sp³-hybridized carbons (Fsp3) is 0.728. The number of hydrogen-bond donors (Lipinski definition) is 3. The number of esters is 3. The molecule has 0 aliphatic rings. The molecule has 0 heterocycles. The van der Waals surface area contributed by atoms with Gasteiger partial charge >= 0.3 is 33.6 Å². The molecule has 2 unspecified atom stereocenters. The van der Waals surface area contributed by atoms with Crippen molar-refractivity contribution in [1.29, 1.82) is 0 Å². The van der Waals surface area contributed by atoms with Gasteiger partial charge in [-0.1, -0.05) is 265 Å². The number of carbonyl (C=O) groups excluding carboxylic acids is 4. The van der Waals surface area contributed by atoms with Crippen molar-refractivity contribution in [2.75, 3.05) is 46.2 Å². The number of unbranched alkanes of at least 4 members (excludes halogenated alkanes) is 30. The number of allylic oxidation sites excluding steroid dienone is 18. The number of phosphoric acid groups is 2. The first-order valence-electron chi connectivity index (χ1n) is 39.1. The van der Waals surface area contributed by atoms with Crippen LogP contribution in [0, 0.1) is 0 Å². The highest BCUT2D eigenvalue weighted by molar-refractivity contribution is 7.47. The summed E-state index contributed by atoms with van der Waals surface area (Å²) < 4.78 is 69.1. The highest BCUT2D eigenvalue weighted by Crippen LogP contribution is 2.45. The van der Waals surface area contributed by atoms with Crippen LogP contribution in [0.2, 0.25) is 0 Å². The number of carbonyl (C=O) groups is 4. The van der Waals surface area contributed by atoms with Crippen molar-refractivity contribution in [2.24, 2.45) is 0 Å². The molecule has 0 bridgehead atoms. The molecule has 0 aromatic rings. The summed E-state index contributed by atoms with van der Waals surface area (Å²) >= 11 is 0. The first kappa shape index (κ1) is 95.9. The smallest absolute Gasteiger partial charge is 0.463 e. The van der Waals surface area contributed by atoms with Gasteiger partial charge in [-0.3, -0.25) is 32.5 Å². The lowest BCUT2D eigenvalue weighted by Gasteiger charge is -2.21. The number of aldehydes is 1. The molecule has 0 aromatic heterocycles. The molecular weight excluding hydrogens is 1310 g/mol. The van der Waals surface area contributed by atoms with Crippen LogP contribution in [0.5, 0.6) is 0 Å². The largest absolute Gasteiger partial charge is 0.472 e. The second-order valence-corrected chi connectivity index (χ2v) is 28.8. The summed E-state index contributed by atoms with van der Waals surface area (Å²) in [6, 6.07) is 0. The number of ether oxygens (including phenoxy) is 4. The van der Waals surface area contributed by atoms with E-state index in [1.807, 2.05) is 24.3 Å². The van der Waals surface area contributed by atoms with Gasteiger partial charge in [-0.15, -0.1) is 0 Å². The molecule has 576 valence electrons. The highest BCUT2D eigenvalue weighted by atomic mass is 31.2. The number of aliphatic hydroxyl groups excluding tert-OH is 1. The van der Waals surface area contributed by atoms with Crippen molar-refractivity contribution in [3.8, 4) is 0 Å². The first-order valence-corrected chi connectivity index (χ1v) is 42.1. The van der Waals surface area contributed by atoms with Gasteiger partial charge < -0.3 is 38.6 Å². The van der Waals surface area contributed by atoms with E-state index in [0.29, 0.717) is 51.6 Å². The average molecular weight is 1450 g/mol. The third-order valence-corrected chi connectivity index (χ3v) is 18.1. The van der Waals surface area contributed by atoms with E-state index in [4.69, 9.17) is 37.0 Å². The lowest BCUT2D eigenvalue weighted by Crippen LogP contribution is -2.30. The zero-order chi connectivity index (χ0) is 73.0. The van der Waals surface area contributed by atoms with Crippen LogP contribution in [0.1, 0.15) is 316 Å². The van der Waals surface area contributed by atoms with Crippen LogP contribution in [0.3, 0.4) is 0 Å². The molecule has 0 spiro atoms. The molecule has 100 heavy (non-hydrogen) atoms. The minimum absolute atomic E-state index is 0.0172. The van der Waals surface area contributed by atoms with E-state index < -0.39 is 84.9 Å². The van der Waals surface area contributed by atoms with Crippen LogP contribution < -0.4 is 0 Å². The second kappa shape index (κ2) is 74.6. The summed E-state index contributed by atoms with van der Waals surface area (Å²) in [6.45, 7) is 3.35. The third kappa shape index (κ3) is 73.6. The number of phosphoric ester groups is 2. The van der Waals surface area contributed by atoms with Crippen molar-refractivity contribution in [2.45, 2.75) is 334 Å². The normalized spacial score (nSPS) is 14.5. The van der Waals surface area contributed by atoms with Gasteiger partial charge in [0, 0.05) is 32.3 Å². The van der Waals surface area contributed by atoms with E-state index >= 15 is 0 Å². The van der Waals surface area contributed by atoms with Gasteiger partial charge in [-0.05, 0) is 135 Å². The topological polar surface area (TPSA) is 237 Å². The second-order valence-electron chi connectivity index (χ2n) is 25.9. The van der Waals surface area contributed by atoms with Gasteiger partial charge in [-0.2, -0.15) is 0 Å². The predicted octanol–water partition coefficient (Wildman–Crippen LogP) is 22.2. The van der Waals surface area contributed by atoms with Crippen LogP contribution in [0.4, 0.5) is 0 Å². The highest BCUT2D eigenvalue weighted by Gasteiger charge is 2.30. The molecule has 5 atom stereocenters. The van der Waals surface area contributed by atoms with Gasteiger partial charge in [-0.25, -0.2) is 9.13 Å². The average Bonchev–Trinajstić information content (AvgIpc) is 0.943. The quantitative estimate of drug-likeness (QED) is 0.0128. The molecule has 17 nitrogen and oxygen atoms in total. The van der Waals surface area contributed by atoms with Crippen LogP contribution in [-0.4, -0.2) is 104 Å². The maximum absolute atomic E-state index is 13.1. The van der Waals surface area contributed by atoms with Gasteiger partial charge in [0.1, 0.15) is 31.7 Å². The minimum atomic E-state index is -4.97.